The summed E-state index contributed by atoms with van der Waals surface area (Å²) in [7, 11) is -10.1. The summed E-state index contributed by atoms with van der Waals surface area (Å²) in [5, 5.41) is 0.495. The highest BCUT2D eigenvalue weighted by Gasteiger charge is 2.44. The molecule has 0 aliphatic rings. The number of hydrogen-bond acceptors (Lipinski definition) is 5. The Bertz CT molecular complexity index is 1230. The highest BCUT2D eigenvalue weighted by atomic mass is 127. The molecular weight excluding hydrogens is 900 g/mol. The van der Waals surface area contributed by atoms with E-state index in [1.807, 2.05) is 0 Å². The molecule has 0 fully saturated rings. The van der Waals surface area contributed by atoms with Gasteiger partial charge in [0.1, 0.15) is 0 Å². The van der Waals surface area contributed by atoms with E-state index in [1.165, 1.54) is 5.57 Å². The van der Waals surface area contributed by atoms with Gasteiger partial charge in [0.2, 0.25) is 0 Å². The zero-order valence-electron chi connectivity index (χ0n) is 42.7. The summed E-state index contributed by atoms with van der Waals surface area (Å²) < 4.78 is 38.6. The summed E-state index contributed by atoms with van der Waals surface area (Å²) in [5.74, 6) is 0. The fourth-order valence-electron chi connectivity index (χ4n) is 6.26. The standard InChI is InChI=1S/C46H99IO5Si5/c1-26-57(27-2,28-3)52-42(33-38(5)48-53(18,19)43(6,7)8)35-40(50-55(22,23)45(12,13)14)31-29-30-39(49-54(20,21)44(9,10)11)34-41(32-37(4)36-47)51-56(24,25)46(15,16)17/h29-30,36,38-42H,26-28,31-35H2,1-25H3/b30-29+,37-36+/t38-,39-,40+,41+,42+/m1/s1. The van der Waals surface area contributed by atoms with Crippen LogP contribution in [-0.2, 0) is 22.1 Å². The zero-order valence-corrected chi connectivity index (χ0v) is 49.9. The van der Waals surface area contributed by atoms with E-state index in [2.05, 4.69) is 209 Å². The Hall–Kier alpha value is 1.09. The molecule has 0 N–H and O–H groups in total. The normalized spacial score (nSPS) is 17.9. The summed E-state index contributed by atoms with van der Waals surface area (Å²) in [6.07, 6.45) is 9.46. The maximum Gasteiger partial charge on any atom is 0.192 e. The fourth-order valence-corrected chi connectivity index (χ4v) is 14.9. The van der Waals surface area contributed by atoms with Crippen LogP contribution in [-0.4, -0.2) is 72.1 Å². The number of rotatable bonds is 24. The molecule has 5 atom stereocenters. The van der Waals surface area contributed by atoms with E-state index >= 15 is 0 Å². The van der Waals surface area contributed by atoms with Crippen LogP contribution in [0, 0.1) is 0 Å². The Labute approximate surface area is 376 Å². The average Bonchev–Trinajstić information content (AvgIpc) is 3.00. The van der Waals surface area contributed by atoms with Gasteiger partial charge in [-0.05, 0) is 134 Å². The van der Waals surface area contributed by atoms with Crippen molar-refractivity contribution >= 4 is 64.2 Å². The predicted molar refractivity (Wildman–Crippen MR) is 276 cm³/mol. The lowest BCUT2D eigenvalue weighted by molar-refractivity contribution is 0.0599. The van der Waals surface area contributed by atoms with E-state index in [-0.39, 0.29) is 50.7 Å². The van der Waals surface area contributed by atoms with Gasteiger partial charge in [-0.25, -0.2) is 0 Å². The van der Waals surface area contributed by atoms with Crippen molar-refractivity contribution in [2.45, 2.75) is 271 Å². The molecule has 340 valence electrons. The second kappa shape index (κ2) is 22.6. The van der Waals surface area contributed by atoms with Crippen LogP contribution in [0.15, 0.2) is 21.8 Å². The SMILES string of the molecule is CC[Si](CC)(CC)O[C@H](C[C@H](C/C=C/[C@H](C[C@H](C/C(C)=C/I)O[Si](C)(C)C(C)(C)C)O[Si](C)(C)C(C)(C)C)O[Si](C)(C)C(C)(C)C)C[C@@H](C)O[Si](C)(C)C(C)(C)C. The number of hydrogen-bond donors (Lipinski definition) is 0. The molecule has 0 aliphatic carbocycles. The molecule has 0 spiro atoms. The minimum Gasteiger partial charge on any atom is -0.414 e. The predicted octanol–water partition coefficient (Wildman–Crippen LogP) is 16.8. The van der Waals surface area contributed by atoms with Crippen molar-refractivity contribution in [2.24, 2.45) is 0 Å². The van der Waals surface area contributed by atoms with Gasteiger partial charge in [0.25, 0.3) is 0 Å². The molecule has 11 heteroatoms. The molecule has 0 aromatic heterocycles. The molecule has 0 unspecified atom stereocenters. The van der Waals surface area contributed by atoms with E-state index < -0.39 is 41.6 Å². The summed E-state index contributed by atoms with van der Waals surface area (Å²) in [6.45, 7) is 58.8. The largest absolute Gasteiger partial charge is 0.414 e. The minimum atomic E-state index is -2.10. The molecule has 57 heavy (non-hydrogen) atoms. The van der Waals surface area contributed by atoms with E-state index in [1.54, 1.807) is 0 Å². The Kier molecular flexibility index (Phi) is 23.1. The second-order valence-corrected chi connectivity index (χ2v) is 48.0. The summed E-state index contributed by atoms with van der Waals surface area (Å²) >= 11 is 2.38. The molecule has 0 rings (SSSR count). The maximum atomic E-state index is 7.44. The van der Waals surface area contributed by atoms with Crippen LogP contribution in [0.25, 0.3) is 0 Å². The lowest BCUT2D eigenvalue weighted by atomic mass is 10.0. The monoisotopic (exact) mass is 999 g/mol. The van der Waals surface area contributed by atoms with Crippen LogP contribution in [0.5, 0.6) is 0 Å². The molecule has 0 heterocycles. The first-order valence-electron chi connectivity index (χ1n) is 22.7. The second-order valence-electron chi connectivity index (χ2n) is 23.6. The van der Waals surface area contributed by atoms with Crippen LogP contribution in [0.1, 0.15) is 150 Å². The van der Waals surface area contributed by atoms with E-state index in [0.29, 0.717) is 0 Å². The lowest BCUT2D eigenvalue weighted by Gasteiger charge is -2.43. The summed E-state index contributed by atoms with van der Waals surface area (Å²) in [5.41, 5.74) is 1.36. The summed E-state index contributed by atoms with van der Waals surface area (Å²) in [6, 6.07) is 3.41. The van der Waals surface area contributed by atoms with Gasteiger partial charge in [-0.15, -0.1) is 0 Å². The maximum absolute atomic E-state index is 7.44. The third-order valence-corrected chi connectivity index (χ3v) is 38.5. The molecular formula is C46H99IO5Si5. The minimum absolute atomic E-state index is 0.0402. The van der Waals surface area contributed by atoms with Crippen molar-refractivity contribution in [1.29, 1.82) is 0 Å². The Morgan fingerprint density at radius 2 is 0.912 bits per heavy atom. The van der Waals surface area contributed by atoms with Gasteiger partial charge in [-0.1, -0.05) is 144 Å². The molecule has 0 amide bonds. The first-order valence-corrected chi connectivity index (χ1v) is 38.1. The van der Waals surface area contributed by atoms with Crippen LogP contribution in [0.4, 0.5) is 0 Å². The van der Waals surface area contributed by atoms with Gasteiger partial charge in [0.15, 0.2) is 41.6 Å². The van der Waals surface area contributed by atoms with E-state index in [0.717, 1.165) is 50.2 Å². The van der Waals surface area contributed by atoms with Gasteiger partial charge >= 0.3 is 0 Å². The Balaban J connectivity index is 7.19. The smallest absolute Gasteiger partial charge is 0.192 e. The molecule has 0 aromatic rings. The highest BCUT2D eigenvalue weighted by Crippen LogP contribution is 2.43. The summed E-state index contributed by atoms with van der Waals surface area (Å²) in [4.78, 5) is 0. The molecule has 0 bridgehead atoms. The zero-order chi connectivity index (χ0) is 45.3. The van der Waals surface area contributed by atoms with Gasteiger partial charge in [0, 0.05) is 18.6 Å². The quantitative estimate of drug-likeness (QED) is 0.0548. The third-order valence-electron chi connectivity index (χ3n) is 14.5. The first kappa shape index (κ1) is 58.1. The Morgan fingerprint density at radius 3 is 1.30 bits per heavy atom. The van der Waals surface area contributed by atoms with Crippen molar-refractivity contribution in [3.63, 3.8) is 0 Å². The van der Waals surface area contributed by atoms with Crippen LogP contribution < -0.4 is 0 Å². The topological polar surface area (TPSA) is 46.2 Å². The highest BCUT2D eigenvalue weighted by molar-refractivity contribution is 14.1. The first-order chi connectivity index (χ1) is 25.3. The molecule has 0 saturated carbocycles. The van der Waals surface area contributed by atoms with Crippen LogP contribution in [0.3, 0.4) is 0 Å². The van der Waals surface area contributed by atoms with Crippen molar-refractivity contribution in [1.82, 2.24) is 0 Å². The molecule has 0 aliphatic heterocycles. The van der Waals surface area contributed by atoms with Crippen molar-refractivity contribution < 1.29 is 22.1 Å². The molecule has 0 radical (unpaired) electrons. The molecule has 0 saturated heterocycles. The Morgan fingerprint density at radius 1 is 0.526 bits per heavy atom. The molecule has 0 aromatic carbocycles. The van der Waals surface area contributed by atoms with Gasteiger partial charge in [-0.3, -0.25) is 0 Å². The average molecular weight is 1000 g/mol. The lowest BCUT2D eigenvalue weighted by Crippen LogP contribution is -2.48. The van der Waals surface area contributed by atoms with Gasteiger partial charge in [-0.2, -0.15) is 0 Å². The third kappa shape index (κ3) is 19.2. The fraction of sp³-hybridized carbons (Fsp3) is 0.913. The number of halogens is 1. The van der Waals surface area contributed by atoms with Gasteiger partial charge in [0.05, 0.1) is 18.3 Å². The van der Waals surface area contributed by atoms with E-state index in [4.69, 9.17) is 22.1 Å². The molecule has 5 nitrogen and oxygen atoms in total. The van der Waals surface area contributed by atoms with Crippen molar-refractivity contribution in [3.05, 3.63) is 21.8 Å². The van der Waals surface area contributed by atoms with Crippen molar-refractivity contribution in [2.75, 3.05) is 0 Å². The van der Waals surface area contributed by atoms with Crippen LogP contribution in [0.2, 0.25) is 90.7 Å². The van der Waals surface area contributed by atoms with Gasteiger partial charge < -0.3 is 22.1 Å². The van der Waals surface area contributed by atoms with Crippen molar-refractivity contribution in [3.8, 4) is 0 Å². The van der Waals surface area contributed by atoms with E-state index in [9.17, 15) is 0 Å². The van der Waals surface area contributed by atoms with Crippen LogP contribution >= 0.6 is 22.6 Å².